The van der Waals surface area contributed by atoms with E-state index >= 15 is 0 Å². The third-order valence-electron chi connectivity index (χ3n) is 1.54. The highest BCUT2D eigenvalue weighted by Gasteiger charge is 2.17. The summed E-state index contributed by atoms with van der Waals surface area (Å²) in [5, 5.41) is 2.84. The van der Waals surface area contributed by atoms with Crippen molar-refractivity contribution in [3.05, 3.63) is 0 Å². The van der Waals surface area contributed by atoms with Crippen LogP contribution in [-0.4, -0.2) is 18.0 Å². The number of rotatable bonds is 4. The van der Waals surface area contributed by atoms with Gasteiger partial charge in [-0.2, -0.15) is 0 Å². The third kappa shape index (κ3) is 4.79. The summed E-state index contributed by atoms with van der Waals surface area (Å²) in [6, 6.07) is 0. The van der Waals surface area contributed by atoms with E-state index in [9.17, 15) is 4.79 Å². The lowest BCUT2D eigenvalue weighted by Crippen LogP contribution is -2.45. The lowest BCUT2D eigenvalue weighted by Gasteiger charge is -2.25. The molecule has 0 aliphatic rings. The van der Waals surface area contributed by atoms with E-state index in [1.165, 1.54) is 0 Å². The van der Waals surface area contributed by atoms with Crippen LogP contribution in [-0.2, 0) is 4.79 Å². The second-order valence-corrected chi connectivity index (χ2v) is 3.39. The highest BCUT2D eigenvalue weighted by atomic mass is 16.1. The summed E-state index contributed by atoms with van der Waals surface area (Å²) < 4.78 is 0. The van der Waals surface area contributed by atoms with Crippen LogP contribution in [0.3, 0.4) is 0 Å². The van der Waals surface area contributed by atoms with E-state index < -0.39 is 0 Å². The Bertz CT molecular complexity index is 132. The van der Waals surface area contributed by atoms with Crippen molar-refractivity contribution in [3.8, 4) is 0 Å². The van der Waals surface area contributed by atoms with Crippen LogP contribution in [0.15, 0.2) is 0 Å². The van der Waals surface area contributed by atoms with Crippen molar-refractivity contribution in [1.29, 1.82) is 0 Å². The average molecular weight is 158 g/mol. The Morgan fingerprint density at radius 3 is 2.45 bits per heavy atom. The lowest BCUT2D eigenvalue weighted by molar-refractivity contribution is -0.121. The molecule has 3 nitrogen and oxygen atoms in total. The molecule has 3 heteroatoms. The van der Waals surface area contributed by atoms with Crippen molar-refractivity contribution in [3.63, 3.8) is 0 Å². The van der Waals surface area contributed by atoms with Gasteiger partial charge in [0.15, 0.2) is 0 Å². The number of nitrogens with one attached hydrogen (secondary N) is 1. The van der Waals surface area contributed by atoms with Crippen molar-refractivity contribution >= 4 is 5.91 Å². The monoisotopic (exact) mass is 158 g/mol. The Labute approximate surface area is 68.3 Å². The molecule has 0 radical (unpaired) electrons. The van der Waals surface area contributed by atoms with Gasteiger partial charge in [0.1, 0.15) is 0 Å². The summed E-state index contributed by atoms with van der Waals surface area (Å²) in [6.07, 6.45) is 2.05. The van der Waals surface area contributed by atoms with Crippen molar-refractivity contribution < 1.29 is 4.79 Å². The smallest absolute Gasteiger partial charge is 0.234 e. The van der Waals surface area contributed by atoms with Crippen LogP contribution < -0.4 is 11.1 Å². The molecule has 0 rings (SSSR count). The van der Waals surface area contributed by atoms with Gasteiger partial charge in [-0.25, -0.2) is 0 Å². The number of hydrogen-bond acceptors (Lipinski definition) is 2. The maximum absolute atomic E-state index is 10.9. The minimum Gasteiger partial charge on any atom is -0.350 e. The quantitative estimate of drug-likeness (QED) is 0.631. The highest BCUT2D eigenvalue weighted by molar-refractivity contribution is 5.78. The minimum atomic E-state index is -0.106. The Kier molecular flexibility index (Phi) is 4.11. The van der Waals surface area contributed by atoms with Gasteiger partial charge in [-0.15, -0.1) is 0 Å². The van der Waals surface area contributed by atoms with Crippen LogP contribution >= 0.6 is 0 Å². The SMILES string of the molecule is CCCC(C)(C)NC(=O)CN. The largest absolute Gasteiger partial charge is 0.350 e. The number of nitrogens with two attached hydrogens (primary N) is 1. The van der Waals surface area contributed by atoms with Crippen LogP contribution in [0.2, 0.25) is 0 Å². The summed E-state index contributed by atoms with van der Waals surface area (Å²) in [6.45, 7) is 6.18. The van der Waals surface area contributed by atoms with Gasteiger partial charge in [-0.1, -0.05) is 13.3 Å². The fourth-order valence-electron chi connectivity index (χ4n) is 1.12. The lowest BCUT2D eigenvalue weighted by atomic mass is 9.99. The molecule has 0 aliphatic heterocycles. The molecule has 0 spiro atoms. The van der Waals surface area contributed by atoms with Crippen LogP contribution in [0.4, 0.5) is 0 Å². The number of amides is 1. The molecule has 0 aromatic carbocycles. The van der Waals surface area contributed by atoms with Gasteiger partial charge in [0.2, 0.25) is 5.91 Å². The van der Waals surface area contributed by atoms with E-state index in [0.29, 0.717) is 0 Å². The van der Waals surface area contributed by atoms with E-state index in [4.69, 9.17) is 5.73 Å². The second kappa shape index (κ2) is 4.34. The first-order chi connectivity index (χ1) is 5.02. The molecule has 11 heavy (non-hydrogen) atoms. The third-order valence-corrected chi connectivity index (χ3v) is 1.54. The summed E-state index contributed by atoms with van der Waals surface area (Å²) in [5.74, 6) is -0.0801. The maximum atomic E-state index is 10.9. The normalized spacial score (nSPS) is 11.3. The Balaban J connectivity index is 3.80. The highest BCUT2D eigenvalue weighted by Crippen LogP contribution is 2.09. The molecule has 0 heterocycles. The van der Waals surface area contributed by atoms with E-state index in [1.54, 1.807) is 0 Å². The van der Waals surface area contributed by atoms with E-state index in [1.807, 2.05) is 13.8 Å². The van der Waals surface area contributed by atoms with Crippen molar-refractivity contribution in [1.82, 2.24) is 5.32 Å². The topological polar surface area (TPSA) is 55.1 Å². The number of hydrogen-bond donors (Lipinski definition) is 2. The second-order valence-electron chi connectivity index (χ2n) is 3.39. The number of carbonyl (C=O) groups excluding carboxylic acids is 1. The van der Waals surface area contributed by atoms with E-state index in [-0.39, 0.29) is 18.0 Å². The standard InChI is InChI=1S/C8H18N2O/c1-4-5-8(2,3)10-7(11)6-9/h4-6,9H2,1-3H3,(H,10,11). The first kappa shape index (κ1) is 10.4. The zero-order valence-corrected chi connectivity index (χ0v) is 7.61. The van der Waals surface area contributed by atoms with Gasteiger partial charge in [-0.05, 0) is 20.3 Å². The van der Waals surface area contributed by atoms with Gasteiger partial charge < -0.3 is 11.1 Å². The van der Waals surface area contributed by atoms with Gasteiger partial charge in [0.25, 0.3) is 0 Å². The molecule has 1 amide bonds. The average Bonchev–Trinajstić information content (AvgIpc) is 1.86. The molecular formula is C8H18N2O. The summed E-state index contributed by atoms with van der Waals surface area (Å²) in [5.41, 5.74) is 5.06. The molecule has 0 aliphatic carbocycles. The predicted molar refractivity (Wildman–Crippen MR) is 46.2 cm³/mol. The van der Waals surface area contributed by atoms with Crippen LogP contribution in [0.25, 0.3) is 0 Å². The molecule has 0 saturated carbocycles. The van der Waals surface area contributed by atoms with Crippen LogP contribution in [0.5, 0.6) is 0 Å². The molecule has 3 N–H and O–H groups in total. The van der Waals surface area contributed by atoms with Gasteiger partial charge >= 0.3 is 0 Å². The van der Waals surface area contributed by atoms with Crippen LogP contribution in [0.1, 0.15) is 33.6 Å². The molecule has 0 unspecified atom stereocenters. The molecule has 66 valence electrons. The van der Waals surface area contributed by atoms with Gasteiger partial charge in [-0.3, -0.25) is 4.79 Å². The van der Waals surface area contributed by atoms with Gasteiger partial charge in [0, 0.05) is 5.54 Å². The number of carbonyl (C=O) groups is 1. The van der Waals surface area contributed by atoms with Gasteiger partial charge in [0.05, 0.1) is 6.54 Å². The first-order valence-electron chi connectivity index (χ1n) is 4.03. The Morgan fingerprint density at radius 1 is 1.55 bits per heavy atom. The summed E-state index contributed by atoms with van der Waals surface area (Å²) in [7, 11) is 0. The van der Waals surface area contributed by atoms with Crippen molar-refractivity contribution in [2.24, 2.45) is 5.73 Å². The Morgan fingerprint density at radius 2 is 2.09 bits per heavy atom. The molecule has 0 bridgehead atoms. The first-order valence-corrected chi connectivity index (χ1v) is 4.03. The zero-order valence-electron chi connectivity index (χ0n) is 7.61. The van der Waals surface area contributed by atoms with E-state index in [0.717, 1.165) is 12.8 Å². The van der Waals surface area contributed by atoms with Crippen molar-refractivity contribution in [2.75, 3.05) is 6.54 Å². The molecule has 0 atom stereocenters. The molecule has 0 aromatic rings. The fourth-order valence-corrected chi connectivity index (χ4v) is 1.12. The van der Waals surface area contributed by atoms with Crippen molar-refractivity contribution in [2.45, 2.75) is 39.2 Å². The summed E-state index contributed by atoms with van der Waals surface area (Å²) in [4.78, 5) is 10.9. The maximum Gasteiger partial charge on any atom is 0.234 e. The molecule has 0 saturated heterocycles. The Hall–Kier alpha value is -0.570. The predicted octanol–water partition coefficient (Wildman–Crippen LogP) is 0.640. The summed E-state index contributed by atoms with van der Waals surface area (Å²) >= 11 is 0. The molecule has 0 aromatic heterocycles. The van der Waals surface area contributed by atoms with E-state index in [2.05, 4.69) is 12.2 Å². The minimum absolute atomic E-state index is 0.0765. The van der Waals surface area contributed by atoms with Crippen LogP contribution in [0, 0.1) is 0 Å². The zero-order chi connectivity index (χ0) is 8.91. The molecular weight excluding hydrogens is 140 g/mol. The fraction of sp³-hybridized carbons (Fsp3) is 0.875. The molecule has 0 fully saturated rings.